The molecule has 0 aromatic rings. The van der Waals surface area contributed by atoms with E-state index in [0.29, 0.717) is 0 Å². The van der Waals surface area contributed by atoms with Gasteiger partial charge in [0.05, 0.1) is 13.2 Å². The standard InChI is InChI=1S/C10H14O6/c1-5(11)15-7-3-13-10-8(16-6(2)12)4-14-9(7)10/h7-10H,3-4H2,1-2H3/t7-,8?,9+,10+/m0/s1. The average molecular weight is 230 g/mol. The number of ether oxygens (including phenoxy) is 4. The van der Waals surface area contributed by atoms with Gasteiger partial charge in [-0.05, 0) is 0 Å². The van der Waals surface area contributed by atoms with Crippen molar-refractivity contribution in [2.75, 3.05) is 13.2 Å². The number of hydrogen-bond donors (Lipinski definition) is 0. The highest BCUT2D eigenvalue weighted by Gasteiger charge is 2.50. The van der Waals surface area contributed by atoms with E-state index >= 15 is 0 Å². The molecule has 2 aliphatic rings. The predicted molar refractivity (Wildman–Crippen MR) is 50.6 cm³/mol. The van der Waals surface area contributed by atoms with E-state index in [1.165, 1.54) is 13.8 Å². The van der Waals surface area contributed by atoms with Crippen LogP contribution in [0.5, 0.6) is 0 Å². The van der Waals surface area contributed by atoms with Gasteiger partial charge in [-0.25, -0.2) is 0 Å². The summed E-state index contributed by atoms with van der Waals surface area (Å²) in [5.41, 5.74) is 0. The van der Waals surface area contributed by atoms with Gasteiger partial charge in [0.15, 0.2) is 12.2 Å². The Hall–Kier alpha value is -1.14. The molecule has 2 rings (SSSR count). The zero-order chi connectivity index (χ0) is 11.7. The maximum absolute atomic E-state index is 10.8. The summed E-state index contributed by atoms with van der Waals surface area (Å²) in [5, 5.41) is 0. The van der Waals surface area contributed by atoms with Gasteiger partial charge in [0.1, 0.15) is 12.2 Å². The highest BCUT2D eigenvalue weighted by molar-refractivity contribution is 5.66. The zero-order valence-electron chi connectivity index (χ0n) is 9.17. The number of esters is 2. The van der Waals surface area contributed by atoms with Gasteiger partial charge in [-0.3, -0.25) is 9.59 Å². The fourth-order valence-corrected chi connectivity index (χ4v) is 2.06. The van der Waals surface area contributed by atoms with Gasteiger partial charge in [0.25, 0.3) is 0 Å². The van der Waals surface area contributed by atoms with Gasteiger partial charge < -0.3 is 18.9 Å². The molecule has 0 spiro atoms. The van der Waals surface area contributed by atoms with E-state index in [4.69, 9.17) is 18.9 Å². The first-order valence-electron chi connectivity index (χ1n) is 5.15. The zero-order valence-corrected chi connectivity index (χ0v) is 9.17. The molecule has 0 aliphatic carbocycles. The Labute approximate surface area is 92.8 Å². The molecule has 2 heterocycles. The molecule has 90 valence electrons. The van der Waals surface area contributed by atoms with Gasteiger partial charge in [-0.1, -0.05) is 0 Å². The van der Waals surface area contributed by atoms with Crippen LogP contribution in [0.1, 0.15) is 13.8 Å². The largest absolute Gasteiger partial charge is 0.457 e. The first-order valence-corrected chi connectivity index (χ1v) is 5.15. The Morgan fingerprint density at radius 2 is 1.31 bits per heavy atom. The van der Waals surface area contributed by atoms with Gasteiger partial charge >= 0.3 is 11.9 Å². The van der Waals surface area contributed by atoms with Crippen molar-refractivity contribution >= 4 is 11.9 Å². The van der Waals surface area contributed by atoms with Crippen LogP contribution in [0, 0.1) is 0 Å². The van der Waals surface area contributed by atoms with E-state index in [0.717, 1.165) is 0 Å². The minimum Gasteiger partial charge on any atom is -0.457 e. The Morgan fingerprint density at radius 3 is 1.62 bits per heavy atom. The third kappa shape index (κ3) is 2.17. The van der Waals surface area contributed by atoms with E-state index in [1.54, 1.807) is 0 Å². The highest BCUT2D eigenvalue weighted by Crippen LogP contribution is 2.30. The number of hydrogen-bond acceptors (Lipinski definition) is 6. The van der Waals surface area contributed by atoms with Crippen molar-refractivity contribution in [3.05, 3.63) is 0 Å². The summed E-state index contributed by atoms with van der Waals surface area (Å²) in [6, 6.07) is 0. The molecule has 6 nitrogen and oxygen atoms in total. The van der Waals surface area contributed by atoms with Crippen LogP contribution in [0.15, 0.2) is 0 Å². The van der Waals surface area contributed by atoms with Crippen LogP contribution in [0.25, 0.3) is 0 Å². The molecule has 0 aromatic heterocycles. The molecule has 0 amide bonds. The van der Waals surface area contributed by atoms with E-state index in [2.05, 4.69) is 0 Å². The molecule has 0 bridgehead atoms. The van der Waals surface area contributed by atoms with Gasteiger partial charge in [-0.15, -0.1) is 0 Å². The van der Waals surface area contributed by atoms with Crippen LogP contribution >= 0.6 is 0 Å². The number of rotatable bonds is 2. The van der Waals surface area contributed by atoms with Crippen molar-refractivity contribution in [3.8, 4) is 0 Å². The third-order valence-electron chi connectivity index (χ3n) is 2.60. The third-order valence-corrected chi connectivity index (χ3v) is 2.60. The van der Waals surface area contributed by atoms with E-state index in [-0.39, 0.29) is 37.4 Å². The minimum atomic E-state index is -0.400. The van der Waals surface area contributed by atoms with Crippen LogP contribution in [-0.2, 0) is 28.5 Å². The molecule has 0 N–H and O–H groups in total. The maximum atomic E-state index is 10.8. The molecule has 2 fully saturated rings. The van der Waals surface area contributed by atoms with Gasteiger partial charge in [0, 0.05) is 13.8 Å². The topological polar surface area (TPSA) is 71.1 Å². The second kappa shape index (κ2) is 4.39. The highest BCUT2D eigenvalue weighted by atomic mass is 16.7. The van der Waals surface area contributed by atoms with Crippen molar-refractivity contribution in [1.29, 1.82) is 0 Å². The van der Waals surface area contributed by atoms with Crippen LogP contribution in [0.2, 0.25) is 0 Å². The van der Waals surface area contributed by atoms with E-state index < -0.39 is 12.2 Å². The molecule has 16 heavy (non-hydrogen) atoms. The lowest BCUT2D eigenvalue weighted by molar-refractivity contribution is -0.152. The molecule has 2 aliphatic heterocycles. The van der Waals surface area contributed by atoms with Crippen LogP contribution in [-0.4, -0.2) is 49.6 Å². The van der Waals surface area contributed by atoms with Crippen LogP contribution < -0.4 is 0 Å². The number of fused-ring (bicyclic) bond motifs is 1. The van der Waals surface area contributed by atoms with E-state index in [1.807, 2.05) is 0 Å². The summed E-state index contributed by atoms with van der Waals surface area (Å²) >= 11 is 0. The second-order valence-corrected chi connectivity index (χ2v) is 3.89. The molecule has 2 saturated heterocycles. The Balaban J connectivity index is 1.95. The number of carbonyl (C=O) groups excluding carboxylic acids is 2. The van der Waals surface area contributed by atoms with Gasteiger partial charge in [0.2, 0.25) is 0 Å². The Bertz CT molecular complexity index is 272. The fraction of sp³-hybridized carbons (Fsp3) is 0.800. The van der Waals surface area contributed by atoms with Crippen LogP contribution in [0.3, 0.4) is 0 Å². The van der Waals surface area contributed by atoms with Crippen molar-refractivity contribution in [2.45, 2.75) is 38.3 Å². The monoisotopic (exact) mass is 230 g/mol. The summed E-state index contributed by atoms with van der Waals surface area (Å²) in [6.45, 7) is 3.25. The quantitative estimate of drug-likeness (QED) is 0.604. The normalized spacial score (nSPS) is 36.9. The van der Waals surface area contributed by atoms with Crippen LogP contribution in [0.4, 0.5) is 0 Å². The second-order valence-electron chi connectivity index (χ2n) is 3.89. The summed E-state index contributed by atoms with van der Waals surface area (Å²) in [5.74, 6) is -0.734. The lowest BCUT2D eigenvalue weighted by Crippen LogP contribution is -2.35. The number of carbonyl (C=O) groups is 2. The fourth-order valence-electron chi connectivity index (χ4n) is 2.06. The van der Waals surface area contributed by atoms with Crippen molar-refractivity contribution in [1.82, 2.24) is 0 Å². The minimum absolute atomic E-state index is 0.284. The molecular weight excluding hydrogens is 216 g/mol. The summed E-state index contributed by atoms with van der Waals surface area (Å²) in [7, 11) is 0. The van der Waals surface area contributed by atoms with Crippen molar-refractivity contribution < 1.29 is 28.5 Å². The lowest BCUT2D eigenvalue weighted by Gasteiger charge is -2.16. The summed E-state index contributed by atoms with van der Waals surface area (Å²) < 4.78 is 20.9. The summed E-state index contributed by atoms with van der Waals surface area (Å²) in [6.07, 6.45) is -1.45. The molecule has 0 aromatic carbocycles. The molecule has 0 saturated carbocycles. The predicted octanol–water partition coefficient (Wildman–Crippen LogP) is -0.353. The first-order chi connectivity index (χ1) is 7.58. The molecule has 0 radical (unpaired) electrons. The Morgan fingerprint density at radius 1 is 0.938 bits per heavy atom. The van der Waals surface area contributed by atoms with Crippen molar-refractivity contribution in [2.24, 2.45) is 0 Å². The SMILES string of the molecule is CC(=O)OC1CO[C@@H]2[C@@H](OC(C)=O)CO[C@H]12. The first kappa shape index (κ1) is 11.3. The molecule has 6 heteroatoms. The lowest BCUT2D eigenvalue weighted by atomic mass is 10.1. The molecule has 4 atom stereocenters. The van der Waals surface area contributed by atoms with Gasteiger partial charge in [-0.2, -0.15) is 0 Å². The molecule has 1 unspecified atom stereocenters. The molecular formula is C10H14O6. The Kier molecular flexibility index (Phi) is 3.11. The summed E-state index contributed by atoms with van der Waals surface area (Å²) in [4.78, 5) is 21.7. The smallest absolute Gasteiger partial charge is 0.303 e. The van der Waals surface area contributed by atoms with Crippen molar-refractivity contribution in [3.63, 3.8) is 0 Å². The maximum Gasteiger partial charge on any atom is 0.303 e. The van der Waals surface area contributed by atoms with E-state index in [9.17, 15) is 9.59 Å². The average Bonchev–Trinajstić information content (AvgIpc) is 2.70.